The molecular weight excluding hydrogens is 398 g/mol. The predicted molar refractivity (Wildman–Crippen MR) is 105 cm³/mol. The molecule has 2 aromatic carbocycles. The summed E-state index contributed by atoms with van der Waals surface area (Å²) in [6, 6.07) is 11.3. The Kier molecular flexibility index (Phi) is 5.18. The van der Waals surface area contributed by atoms with Gasteiger partial charge in [-0.25, -0.2) is 9.78 Å². The van der Waals surface area contributed by atoms with E-state index < -0.39 is 5.97 Å². The average molecular weight is 418 g/mol. The van der Waals surface area contributed by atoms with Crippen molar-refractivity contribution < 1.29 is 14.3 Å². The number of nitrogens with two attached hydrogens (primary N) is 1. The maximum Gasteiger partial charge on any atom is 0.338 e. The van der Waals surface area contributed by atoms with Crippen molar-refractivity contribution in [1.82, 2.24) is 9.55 Å². The van der Waals surface area contributed by atoms with Crippen LogP contribution in [0.4, 0.5) is 5.95 Å². The fourth-order valence-corrected chi connectivity index (χ4v) is 3.25. The summed E-state index contributed by atoms with van der Waals surface area (Å²) in [5.74, 6) is 0.468. The summed E-state index contributed by atoms with van der Waals surface area (Å²) in [6.45, 7) is 4.11. The smallest absolute Gasteiger partial charge is 0.338 e. The lowest BCUT2D eigenvalue weighted by molar-refractivity contribution is 0.0526. The van der Waals surface area contributed by atoms with Gasteiger partial charge < -0.3 is 19.8 Å². The number of hydrogen-bond acceptors (Lipinski definition) is 5. The number of anilines is 1. The fraction of sp³-hybridized carbons (Fsp3) is 0.263. The molecule has 0 aliphatic rings. The van der Waals surface area contributed by atoms with Crippen LogP contribution in [-0.4, -0.2) is 29.2 Å². The van der Waals surface area contributed by atoms with Crippen LogP contribution >= 0.6 is 15.9 Å². The van der Waals surface area contributed by atoms with Gasteiger partial charge in [-0.3, -0.25) is 0 Å². The van der Waals surface area contributed by atoms with Gasteiger partial charge in [0.15, 0.2) is 0 Å². The first-order valence-electron chi connectivity index (χ1n) is 8.24. The van der Waals surface area contributed by atoms with E-state index in [0.29, 0.717) is 29.4 Å². The van der Waals surface area contributed by atoms with Gasteiger partial charge in [0.1, 0.15) is 11.3 Å². The number of carbonyl (C=O) groups is 1. The third-order valence-corrected chi connectivity index (χ3v) is 4.78. The van der Waals surface area contributed by atoms with Crippen molar-refractivity contribution in [2.45, 2.75) is 19.9 Å². The molecule has 0 radical (unpaired) electrons. The number of halogens is 1. The molecule has 0 saturated carbocycles. The summed E-state index contributed by atoms with van der Waals surface area (Å²) in [6.07, 6.45) is 0. The van der Waals surface area contributed by atoms with Crippen molar-refractivity contribution >= 4 is 38.9 Å². The van der Waals surface area contributed by atoms with Crippen molar-refractivity contribution in [1.29, 1.82) is 0 Å². The van der Waals surface area contributed by atoms with Gasteiger partial charge in [0.2, 0.25) is 5.95 Å². The number of nitrogens with zero attached hydrogens (tertiary/aromatic N) is 2. The molecule has 0 amide bonds. The van der Waals surface area contributed by atoms with E-state index in [1.54, 1.807) is 26.2 Å². The lowest BCUT2D eigenvalue weighted by Crippen LogP contribution is -2.11. The predicted octanol–water partition coefficient (Wildman–Crippen LogP) is 4.18. The van der Waals surface area contributed by atoms with Crippen LogP contribution in [-0.2, 0) is 4.74 Å². The van der Waals surface area contributed by atoms with Crippen molar-refractivity contribution in [3.05, 3.63) is 52.0 Å². The Morgan fingerprint density at radius 3 is 2.62 bits per heavy atom. The number of rotatable bonds is 5. The molecule has 0 fully saturated rings. The Morgan fingerprint density at radius 2 is 2.00 bits per heavy atom. The van der Waals surface area contributed by atoms with E-state index in [2.05, 4.69) is 20.9 Å². The summed E-state index contributed by atoms with van der Waals surface area (Å²) >= 11 is 3.45. The first kappa shape index (κ1) is 18.3. The summed E-state index contributed by atoms with van der Waals surface area (Å²) in [7, 11) is 1.56. The topological polar surface area (TPSA) is 79.4 Å². The van der Waals surface area contributed by atoms with Crippen LogP contribution in [0.1, 0.15) is 35.8 Å². The van der Waals surface area contributed by atoms with E-state index >= 15 is 0 Å². The first-order chi connectivity index (χ1) is 12.5. The van der Waals surface area contributed by atoms with Crippen molar-refractivity contribution in [2.75, 3.05) is 19.5 Å². The van der Waals surface area contributed by atoms with Crippen LogP contribution in [0.15, 0.2) is 40.9 Å². The highest BCUT2D eigenvalue weighted by Crippen LogP contribution is 2.34. The molecule has 0 spiro atoms. The molecule has 1 aromatic heterocycles. The zero-order chi connectivity index (χ0) is 18.8. The van der Waals surface area contributed by atoms with Crippen LogP contribution in [0.5, 0.6) is 5.75 Å². The number of methoxy groups -OCH3 is 1. The van der Waals surface area contributed by atoms with Gasteiger partial charge in [0, 0.05) is 4.47 Å². The number of fused-ring (bicyclic) bond motifs is 1. The Labute approximate surface area is 160 Å². The third kappa shape index (κ3) is 3.26. The van der Waals surface area contributed by atoms with E-state index in [9.17, 15) is 4.79 Å². The molecule has 3 aromatic rings. The monoisotopic (exact) mass is 417 g/mol. The van der Waals surface area contributed by atoms with E-state index in [-0.39, 0.29) is 6.04 Å². The number of nitrogen functional groups attached to an aromatic ring is 1. The minimum atomic E-state index is -0.415. The second-order valence-electron chi connectivity index (χ2n) is 5.83. The van der Waals surface area contributed by atoms with Gasteiger partial charge in [-0.15, -0.1) is 0 Å². The minimum absolute atomic E-state index is 0.0598. The van der Waals surface area contributed by atoms with Crippen LogP contribution < -0.4 is 10.5 Å². The van der Waals surface area contributed by atoms with Gasteiger partial charge in [-0.1, -0.05) is 28.1 Å². The molecule has 1 unspecified atom stereocenters. The standard InChI is InChI=1S/C19H20BrN3O3/c1-4-26-18(24)13-9-15-17(16(10-13)25-3)23(19(21)22-15)11(2)12-5-7-14(20)8-6-12/h5-11H,4H2,1-3H3,(H2,21,22). The zero-order valence-electron chi connectivity index (χ0n) is 14.8. The van der Waals surface area contributed by atoms with Crippen molar-refractivity contribution in [3.63, 3.8) is 0 Å². The zero-order valence-corrected chi connectivity index (χ0v) is 16.4. The molecule has 0 aliphatic heterocycles. The summed E-state index contributed by atoms with van der Waals surface area (Å²) in [5, 5.41) is 0. The number of aromatic nitrogens is 2. The lowest BCUT2D eigenvalue weighted by Gasteiger charge is -2.18. The Morgan fingerprint density at radius 1 is 1.31 bits per heavy atom. The molecule has 0 aliphatic carbocycles. The molecule has 3 rings (SSSR count). The molecular formula is C19H20BrN3O3. The normalized spacial score (nSPS) is 12.2. The van der Waals surface area contributed by atoms with E-state index in [4.69, 9.17) is 15.2 Å². The highest BCUT2D eigenvalue weighted by Gasteiger charge is 2.21. The Balaban J connectivity index is 2.15. The number of hydrogen-bond donors (Lipinski definition) is 1. The SMILES string of the molecule is CCOC(=O)c1cc(OC)c2c(c1)nc(N)n2C(C)c1ccc(Br)cc1. The lowest BCUT2D eigenvalue weighted by atomic mass is 10.1. The maximum absolute atomic E-state index is 12.1. The van der Waals surface area contributed by atoms with Gasteiger partial charge in [-0.05, 0) is 43.7 Å². The molecule has 0 saturated heterocycles. The number of ether oxygens (including phenoxy) is 2. The Hall–Kier alpha value is -2.54. The number of carbonyl (C=O) groups excluding carboxylic acids is 1. The average Bonchev–Trinajstić information content (AvgIpc) is 2.96. The van der Waals surface area contributed by atoms with E-state index in [1.807, 2.05) is 35.8 Å². The molecule has 26 heavy (non-hydrogen) atoms. The maximum atomic E-state index is 12.1. The van der Waals surface area contributed by atoms with Gasteiger partial charge in [0.05, 0.1) is 30.8 Å². The molecule has 1 heterocycles. The van der Waals surface area contributed by atoms with Gasteiger partial charge in [0.25, 0.3) is 0 Å². The van der Waals surface area contributed by atoms with Crippen molar-refractivity contribution in [2.24, 2.45) is 0 Å². The van der Waals surface area contributed by atoms with Crippen molar-refractivity contribution in [3.8, 4) is 5.75 Å². The van der Waals surface area contributed by atoms with Crippen LogP contribution in [0.25, 0.3) is 11.0 Å². The van der Waals surface area contributed by atoms with E-state index in [1.165, 1.54) is 0 Å². The third-order valence-electron chi connectivity index (χ3n) is 4.25. The number of imidazole rings is 1. The summed E-state index contributed by atoms with van der Waals surface area (Å²) in [5.41, 5.74) is 9.00. The Bertz CT molecular complexity index is 951. The highest BCUT2D eigenvalue weighted by molar-refractivity contribution is 9.10. The second-order valence-corrected chi connectivity index (χ2v) is 6.75. The van der Waals surface area contributed by atoms with Crippen LogP contribution in [0.3, 0.4) is 0 Å². The van der Waals surface area contributed by atoms with Gasteiger partial charge in [-0.2, -0.15) is 0 Å². The van der Waals surface area contributed by atoms with Crippen LogP contribution in [0.2, 0.25) is 0 Å². The van der Waals surface area contributed by atoms with E-state index in [0.717, 1.165) is 15.6 Å². The second kappa shape index (κ2) is 7.37. The molecule has 0 bridgehead atoms. The first-order valence-corrected chi connectivity index (χ1v) is 9.03. The largest absolute Gasteiger partial charge is 0.494 e. The van der Waals surface area contributed by atoms with Gasteiger partial charge >= 0.3 is 5.97 Å². The molecule has 136 valence electrons. The minimum Gasteiger partial charge on any atom is -0.494 e. The molecule has 1 atom stereocenters. The number of benzene rings is 2. The fourth-order valence-electron chi connectivity index (χ4n) is 2.98. The quantitative estimate of drug-likeness (QED) is 0.629. The highest BCUT2D eigenvalue weighted by atomic mass is 79.9. The summed E-state index contributed by atoms with van der Waals surface area (Å²) in [4.78, 5) is 16.5. The molecule has 7 heteroatoms. The molecule has 6 nitrogen and oxygen atoms in total. The molecule has 2 N–H and O–H groups in total. The van der Waals surface area contributed by atoms with Crippen LogP contribution in [0, 0.1) is 0 Å². The number of esters is 1. The summed E-state index contributed by atoms with van der Waals surface area (Å²) < 4.78 is 13.5.